The Morgan fingerprint density at radius 2 is 1.66 bits per heavy atom. The minimum atomic E-state index is -1.01. The summed E-state index contributed by atoms with van der Waals surface area (Å²) in [7, 11) is 0. The van der Waals surface area contributed by atoms with E-state index in [4.69, 9.17) is 11.6 Å². The molecule has 1 aliphatic rings. The molecule has 0 bridgehead atoms. The number of para-hydroxylation sites is 1. The van der Waals surface area contributed by atoms with Gasteiger partial charge in [0.2, 0.25) is 5.91 Å². The molecule has 1 aliphatic heterocycles. The number of hydrogen-bond donors (Lipinski definition) is 1. The molecule has 1 saturated heterocycles. The molecule has 0 unspecified atom stereocenters. The van der Waals surface area contributed by atoms with Crippen LogP contribution in [0, 0.1) is 5.82 Å². The van der Waals surface area contributed by atoms with Crippen LogP contribution in [0.5, 0.6) is 0 Å². The maximum Gasteiger partial charge on any atom is 0.322 e. The second-order valence-electron chi connectivity index (χ2n) is 7.31. The normalized spacial score (nSPS) is 15.7. The maximum atomic E-state index is 13.3. The van der Waals surface area contributed by atoms with Crippen LogP contribution in [-0.4, -0.2) is 28.8 Å². The Balaban J connectivity index is 1.63. The minimum absolute atomic E-state index is 0.0249. The van der Waals surface area contributed by atoms with Gasteiger partial charge in [0.1, 0.15) is 11.9 Å². The zero-order valence-electron chi connectivity index (χ0n) is 16.9. The molecule has 1 heterocycles. The third kappa shape index (κ3) is 4.63. The Hall–Kier alpha value is -3.71. The molecule has 0 aromatic heterocycles. The fourth-order valence-electron chi connectivity index (χ4n) is 3.55. The molecule has 3 aromatic carbocycles. The van der Waals surface area contributed by atoms with E-state index in [2.05, 4.69) is 5.32 Å². The Labute approximate surface area is 189 Å². The number of rotatable bonds is 5. The van der Waals surface area contributed by atoms with E-state index >= 15 is 0 Å². The third-order valence-corrected chi connectivity index (χ3v) is 5.39. The van der Waals surface area contributed by atoms with Gasteiger partial charge >= 0.3 is 6.03 Å². The van der Waals surface area contributed by atoms with Gasteiger partial charge in [-0.1, -0.05) is 41.9 Å². The van der Waals surface area contributed by atoms with Gasteiger partial charge in [-0.2, -0.15) is 0 Å². The molecule has 4 rings (SSSR count). The van der Waals surface area contributed by atoms with Crippen LogP contribution in [0.2, 0.25) is 5.02 Å². The van der Waals surface area contributed by atoms with E-state index in [1.165, 1.54) is 29.2 Å². The standard InChI is InChI=1S/C24H19ClFN3O3/c25-17-8-12-20(13-9-17)29-22(30)14-21(23(29)31)28(15-16-6-10-18(26)11-7-16)24(32)27-19-4-2-1-3-5-19/h1-13,21H,14-15H2,(H,27,32)/t21-/m0/s1. The molecule has 6 nitrogen and oxygen atoms in total. The van der Waals surface area contributed by atoms with Crippen molar-refractivity contribution < 1.29 is 18.8 Å². The van der Waals surface area contributed by atoms with Crippen LogP contribution in [0.4, 0.5) is 20.6 Å². The summed E-state index contributed by atoms with van der Waals surface area (Å²) in [4.78, 5) is 41.5. The summed E-state index contributed by atoms with van der Waals surface area (Å²) in [6.45, 7) is 0.0249. The van der Waals surface area contributed by atoms with Gasteiger partial charge in [0.05, 0.1) is 12.1 Å². The van der Waals surface area contributed by atoms with Crippen molar-refractivity contribution in [1.82, 2.24) is 4.90 Å². The van der Waals surface area contributed by atoms with Crippen molar-refractivity contribution in [3.8, 4) is 0 Å². The van der Waals surface area contributed by atoms with E-state index in [1.54, 1.807) is 48.5 Å². The van der Waals surface area contributed by atoms with E-state index in [-0.39, 0.29) is 13.0 Å². The fourth-order valence-corrected chi connectivity index (χ4v) is 3.67. The molecule has 1 fully saturated rings. The average Bonchev–Trinajstić information content (AvgIpc) is 3.08. The number of hydrogen-bond acceptors (Lipinski definition) is 3. The highest BCUT2D eigenvalue weighted by atomic mass is 35.5. The van der Waals surface area contributed by atoms with Crippen molar-refractivity contribution in [3.05, 3.63) is 95.3 Å². The zero-order valence-corrected chi connectivity index (χ0v) is 17.6. The molecule has 32 heavy (non-hydrogen) atoms. The van der Waals surface area contributed by atoms with Gasteiger partial charge in [0, 0.05) is 17.3 Å². The van der Waals surface area contributed by atoms with Crippen molar-refractivity contribution in [1.29, 1.82) is 0 Å². The van der Waals surface area contributed by atoms with Gasteiger partial charge in [-0.25, -0.2) is 14.1 Å². The average molecular weight is 452 g/mol. The molecule has 0 radical (unpaired) electrons. The summed E-state index contributed by atoms with van der Waals surface area (Å²) in [6.07, 6.45) is -0.162. The second kappa shape index (κ2) is 9.20. The Morgan fingerprint density at radius 3 is 2.31 bits per heavy atom. The van der Waals surface area contributed by atoms with Gasteiger partial charge < -0.3 is 10.2 Å². The molecule has 1 N–H and O–H groups in total. The molecule has 3 aromatic rings. The lowest BCUT2D eigenvalue weighted by atomic mass is 10.1. The summed E-state index contributed by atoms with van der Waals surface area (Å²) >= 11 is 5.91. The molecular weight excluding hydrogens is 433 g/mol. The first kappa shape index (κ1) is 21.5. The minimum Gasteiger partial charge on any atom is -0.308 e. The number of carbonyl (C=O) groups excluding carboxylic acids is 3. The Kier molecular flexibility index (Phi) is 6.18. The number of anilines is 2. The highest BCUT2D eigenvalue weighted by Gasteiger charge is 2.44. The van der Waals surface area contributed by atoms with Crippen LogP contribution in [0.25, 0.3) is 0 Å². The third-order valence-electron chi connectivity index (χ3n) is 5.14. The van der Waals surface area contributed by atoms with Crippen molar-refractivity contribution in [2.75, 3.05) is 10.2 Å². The topological polar surface area (TPSA) is 69.7 Å². The summed E-state index contributed by atoms with van der Waals surface area (Å²) in [5, 5.41) is 3.24. The fraction of sp³-hybridized carbons (Fsp3) is 0.125. The number of amides is 4. The van der Waals surface area contributed by atoms with E-state index < -0.39 is 29.7 Å². The van der Waals surface area contributed by atoms with Gasteiger partial charge in [0.25, 0.3) is 5.91 Å². The Morgan fingerprint density at radius 1 is 1.00 bits per heavy atom. The summed E-state index contributed by atoms with van der Waals surface area (Å²) in [5.41, 5.74) is 1.56. The first-order valence-corrected chi connectivity index (χ1v) is 10.3. The van der Waals surface area contributed by atoms with Crippen molar-refractivity contribution in [2.45, 2.75) is 19.0 Å². The van der Waals surface area contributed by atoms with Gasteiger partial charge in [0.15, 0.2) is 0 Å². The smallest absolute Gasteiger partial charge is 0.308 e. The predicted molar refractivity (Wildman–Crippen MR) is 120 cm³/mol. The largest absolute Gasteiger partial charge is 0.322 e. The number of urea groups is 1. The van der Waals surface area contributed by atoms with Gasteiger partial charge in [-0.05, 0) is 54.1 Å². The number of nitrogens with zero attached hydrogens (tertiary/aromatic N) is 2. The lowest BCUT2D eigenvalue weighted by Gasteiger charge is -2.28. The summed E-state index contributed by atoms with van der Waals surface area (Å²) in [6, 6.07) is 19.2. The van der Waals surface area contributed by atoms with E-state index in [1.807, 2.05) is 6.07 Å². The lowest BCUT2D eigenvalue weighted by molar-refractivity contribution is -0.122. The molecule has 8 heteroatoms. The second-order valence-corrected chi connectivity index (χ2v) is 7.75. The molecule has 0 aliphatic carbocycles. The lowest BCUT2D eigenvalue weighted by Crippen LogP contribution is -2.46. The van der Waals surface area contributed by atoms with Gasteiger partial charge in [-0.15, -0.1) is 0 Å². The molecule has 0 spiro atoms. The first-order chi connectivity index (χ1) is 15.4. The van der Waals surface area contributed by atoms with Crippen LogP contribution in [0.1, 0.15) is 12.0 Å². The predicted octanol–water partition coefficient (Wildman–Crippen LogP) is 4.85. The highest BCUT2D eigenvalue weighted by Crippen LogP contribution is 2.28. The molecule has 1 atom stereocenters. The van der Waals surface area contributed by atoms with Crippen molar-refractivity contribution in [2.24, 2.45) is 0 Å². The molecule has 4 amide bonds. The van der Waals surface area contributed by atoms with Crippen LogP contribution in [0.3, 0.4) is 0 Å². The zero-order chi connectivity index (χ0) is 22.7. The van der Waals surface area contributed by atoms with Crippen molar-refractivity contribution in [3.63, 3.8) is 0 Å². The van der Waals surface area contributed by atoms with Crippen molar-refractivity contribution >= 4 is 40.8 Å². The highest BCUT2D eigenvalue weighted by molar-refractivity contribution is 6.31. The number of imide groups is 1. The molecular formula is C24H19ClFN3O3. The quantitative estimate of drug-likeness (QED) is 0.564. The van der Waals surface area contributed by atoms with Crippen LogP contribution < -0.4 is 10.2 Å². The number of carbonyl (C=O) groups is 3. The summed E-state index contributed by atoms with van der Waals surface area (Å²) in [5.74, 6) is -1.34. The monoisotopic (exact) mass is 451 g/mol. The Bertz CT molecular complexity index is 1140. The summed E-state index contributed by atoms with van der Waals surface area (Å²) < 4.78 is 13.3. The number of halogens is 2. The maximum absolute atomic E-state index is 13.3. The van der Waals surface area contributed by atoms with Crippen LogP contribution in [0.15, 0.2) is 78.9 Å². The molecule has 0 saturated carbocycles. The first-order valence-electron chi connectivity index (χ1n) is 9.92. The molecule has 162 valence electrons. The van der Waals surface area contributed by atoms with Crippen LogP contribution >= 0.6 is 11.6 Å². The van der Waals surface area contributed by atoms with E-state index in [9.17, 15) is 18.8 Å². The number of benzene rings is 3. The SMILES string of the molecule is O=C1C[C@H](N(Cc2ccc(F)cc2)C(=O)Nc2ccccc2)C(=O)N1c1ccc(Cl)cc1. The van der Waals surface area contributed by atoms with E-state index in [0.717, 1.165) is 4.90 Å². The van der Waals surface area contributed by atoms with Gasteiger partial charge in [-0.3, -0.25) is 9.59 Å². The van der Waals surface area contributed by atoms with E-state index in [0.29, 0.717) is 22.0 Å². The van der Waals surface area contributed by atoms with Crippen LogP contribution in [-0.2, 0) is 16.1 Å². The number of nitrogens with one attached hydrogen (secondary N) is 1.